The molecule has 1 aliphatic rings. The Balaban J connectivity index is 1.67. The molecule has 0 unspecified atom stereocenters. The molecule has 1 aliphatic carbocycles. The van der Waals surface area contributed by atoms with Gasteiger partial charge in [0.1, 0.15) is 25.0 Å². The third kappa shape index (κ3) is 7.01. The van der Waals surface area contributed by atoms with Crippen LogP contribution >= 0.6 is 0 Å². The molecule has 1 atom stereocenters. The Hall–Kier alpha value is -1.59. The van der Waals surface area contributed by atoms with Crippen LogP contribution in [0, 0.1) is 0 Å². The number of amides is 1. The molecule has 0 radical (unpaired) electrons. The average Bonchev–Trinajstić information content (AvgIpc) is 2.80. The number of rotatable bonds is 7. The lowest BCUT2D eigenvalue weighted by atomic mass is 10.1. The second-order valence-corrected chi connectivity index (χ2v) is 6.39. The summed E-state index contributed by atoms with van der Waals surface area (Å²) < 4.78 is 5.61. The van der Waals surface area contributed by atoms with Crippen LogP contribution < -0.4 is 15.4 Å². The molecular formula is C18H29N2O3+. The lowest BCUT2D eigenvalue weighted by molar-refractivity contribution is -0.695. The van der Waals surface area contributed by atoms with E-state index in [1.54, 1.807) is 24.3 Å². The second kappa shape index (κ2) is 9.53. The van der Waals surface area contributed by atoms with Crippen molar-refractivity contribution in [3.63, 3.8) is 0 Å². The summed E-state index contributed by atoms with van der Waals surface area (Å²) in [7, 11) is 0. The van der Waals surface area contributed by atoms with Crippen molar-refractivity contribution in [2.24, 2.45) is 0 Å². The van der Waals surface area contributed by atoms with Crippen molar-refractivity contribution in [3.05, 3.63) is 24.3 Å². The van der Waals surface area contributed by atoms with E-state index in [2.05, 4.69) is 10.6 Å². The minimum absolute atomic E-state index is 0.0943. The van der Waals surface area contributed by atoms with Crippen molar-refractivity contribution in [2.75, 3.05) is 18.5 Å². The van der Waals surface area contributed by atoms with Gasteiger partial charge in [-0.05, 0) is 49.9 Å². The number of benzene rings is 1. The fourth-order valence-electron chi connectivity index (χ4n) is 2.99. The number of aliphatic hydroxyl groups excluding tert-OH is 1. The van der Waals surface area contributed by atoms with Crippen molar-refractivity contribution in [1.82, 2.24) is 0 Å². The monoisotopic (exact) mass is 321 g/mol. The number of carbonyl (C=O) groups excluding carboxylic acids is 1. The molecule has 23 heavy (non-hydrogen) atoms. The van der Waals surface area contributed by atoms with Crippen LogP contribution in [0.25, 0.3) is 0 Å². The molecule has 1 aromatic rings. The quantitative estimate of drug-likeness (QED) is 0.669. The lowest BCUT2D eigenvalue weighted by Gasteiger charge is -2.16. The highest BCUT2D eigenvalue weighted by Crippen LogP contribution is 2.16. The van der Waals surface area contributed by atoms with Crippen molar-refractivity contribution in [1.29, 1.82) is 0 Å². The summed E-state index contributed by atoms with van der Waals surface area (Å²) in [5.74, 6) is 0.607. The Kier molecular flexibility index (Phi) is 7.36. The van der Waals surface area contributed by atoms with Gasteiger partial charge in [-0.25, -0.2) is 0 Å². The molecule has 128 valence electrons. The lowest BCUT2D eigenvalue weighted by Crippen LogP contribution is -2.91. The number of hydrogen-bond donors (Lipinski definition) is 3. The molecule has 5 nitrogen and oxygen atoms in total. The predicted molar refractivity (Wildman–Crippen MR) is 90.5 cm³/mol. The maximum absolute atomic E-state index is 11.0. The Morgan fingerprint density at radius 3 is 2.52 bits per heavy atom. The number of nitrogens with two attached hydrogens (primary N) is 1. The van der Waals surface area contributed by atoms with Gasteiger partial charge in [-0.15, -0.1) is 0 Å². The van der Waals surface area contributed by atoms with Crippen LogP contribution in [0.1, 0.15) is 45.4 Å². The van der Waals surface area contributed by atoms with Gasteiger partial charge in [0.25, 0.3) is 0 Å². The highest BCUT2D eigenvalue weighted by atomic mass is 16.5. The number of hydrogen-bond acceptors (Lipinski definition) is 3. The third-order valence-electron chi connectivity index (χ3n) is 4.26. The number of ether oxygens (including phenoxy) is 1. The number of aliphatic hydroxyl groups is 1. The second-order valence-electron chi connectivity index (χ2n) is 6.39. The first kappa shape index (κ1) is 17.8. The van der Waals surface area contributed by atoms with Gasteiger partial charge in [0, 0.05) is 12.6 Å². The van der Waals surface area contributed by atoms with Crippen molar-refractivity contribution >= 4 is 11.6 Å². The van der Waals surface area contributed by atoms with Gasteiger partial charge in [0.15, 0.2) is 0 Å². The summed E-state index contributed by atoms with van der Waals surface area (Å²) in [6.45, 7) is 2.46. The van der Waals surface area contributed by atoms with Gasteiger partial charge in [0.2, 0.25) is 5.91 Å². The molecule has 1 amide bonds. The highest BCUT2D eigenvalue weighted by molar-refractivity contribution is 5.88. The average molecular weight is 321 g/mol. The number of carbonyl (C=O) groups is 1. The summed E-state index contributed by atoms with van der Waals surface area (Å²) in [6, 6.07) is 7.84. The SMILES string of the molecule is CC(=O)Nc1ccc(OC[C@H](O)C[NH2+]C2CCCCCC2)cc1. The van der Waals surface area contributed by atoms with Crippen molar-refractivity contribution < 1.29 is 20.0 Å². The van der Waals surface area contributed by atoms with E-state index in [-0.39, 0.29) is 5.91 Å². The maximum atomic E-state index is 11.0. The van der Waals surface area contributed by atoms with Crippen LogP contribution in [0.5, 0.6) is 5.75 Å². The van der Waals surface area contributed by atoms with E-state index in [1.807, 2.05) is 0 Å². The first-order chi connectivity index (χ1) is 11.1. The third-order valence-corrected chi connectivity index (χ3v) is 4.26. The molecule has 1 saturated carbocycles. The molecule has 0 bridgehead atoms. The molecule has 1 fully saturated rings. The fraction of sp³-hybridized carbons (Fsp3) is 0.611. The number of quaternary nitrogens is 1. The van der Waals surface area contributed by atoms with Crippen molar-refractivity contribution in [3.8, 4) is 5.75 Å². The standard InChI is InChI=1S/C18H28N2O3/c1-14(21)20-16-8-10-18(11-9-16)23-13-17(22)12-19-15-6-4-2-3-5-7-15/h8-11,15,17,19,22H,2-7,12-13H2,1H3,(H,20,21)/p+1/t17-/m1/s1. The van der Waals surface area contributed by atoms with E-state index < -0.39 is 6.10 Å². The first-order valence-electron chi connectivity index (χ1n) is 8.65. The van der Waals surface area contributed by atoms with Gasteiger partial charge in [-0.1, -0.05) is 12.8 Å². The normalized spacial score (nSPS) is 17.3. The zero-order valence-corrected chi connectivity index (χ0v) is 14.0. The minimum atomic E-state index is -0.465. The Morgan fingerprint density at radius 2 is 1.91 bits per heavy atom. The number of nitrogens with one attached hydrogen (secondary N) is 1. The minimum Gasteiger partial charge on any atom is -0.491 e. The van der Waals surface area contributed by atoms with Crippen molar-refractivity contribution in [2.45, 2.75) is 57.6 Å². The topological polar surface area (TPSA) is 75.2 Å². The summed E-state index contributed by atoms with van der Waals surface area (Å²) in [5, 5.41) is 15.1. The highest BCUT2D eigenvalue weighted by Gasteiger charge is 2.17. The summed E-state index contributed by atoms with van der Waals surface area (Å²) in [6.07, 6.45) is 7.39. The zero-order chi connectivity index (χ0) is 16.5. The Morgan fingerprint density at radius 1 is 1.26 bits per heavy atom. The van der Waals surface area contributed by atoms with E-state index in [0.717, 1.165) is 5.69 Å². The molecule has 0 spiro atoms. The van der Waals surface area contributed by atoms with E-state index in [4.69, 9.17) is 4.74 Å². The summed E-state index contributed by atoms with van der Waals surface area (Å²) in [5.41, 5.74) is 0.743. The molecule has 0 heterocycles. The molecule has 2 rings (SSSR count). The molecular weight excluding hydrogens is 292 g/mol. The smallest absolute Gasteiger partial charge is 0.221 e. The van der Waals surface area contributed by atoms with Crippen LogP contribution in [0.4, 0.5) is 5.69 Å². The van der Waals surface area contributed by atoms with Gasteiger partial charge in [-0.2, -0.15) is 0 Å². The van der Waals surface area contributed by atoms with E-state index in [0.29, 0.717) is 24.9 Å². The van der Waals surface area contributed by atoms with E-state index in [9.17, 15) is 9.90 Å². The Bertz CT molecular complexity index is 468. The van der Waals surface area contributed by atoms with Crippen LogP contribution in [-0.4, -0.2) is 36.3 Å². The largest absolute Gasteiger partial charge is 0.491 e. The first-order valence-corrected chi connectivity index (χ1v) is 8.65. The number of anilines is 1. The zero-order valence-electron chi connectivity index (χ0n) is 14.0. The Labute approximate surface area is 138 Å². The van der Waals surface area contributed by atoms with Gasteiger partial charge >= 0.3 is 0 Å². The van der Waals surface area contributed by atoms with E-state index >= 15 is 0 Å². The fourth-order valence-corrected chi connectivity index (χ4v) is 2.99. The molecule has 5 heteroatoms. The maximum Gasteiger partial charge on any atom is 0.221 e. The van der Waals surface area contributed by atoms with E-state index in [1.165, 1.54) is 45.4 Å². The molecule has 4 N–H and O–H groups in total. The van der Waals surface area contributed by atoms with Crippen LogP contribution in [-0.2, 0) is 4.79 Å². The van der Waals surface area contributed by atoms with Gasteiger partial charge in [-0.3, -0.25) is 4.79 Å². The van der Waals surface area contributed by atoms with Crippen LogP contribution in [0.2, 0.25) is 0 Å². The molecule has 0 aliphatic heterocycles. The summed E-state index contributed by atoms with van der Waals surface area (Å²) in [4.78, 5) is 11.0. The predicted octanol–water partition coefficient (Wildman–Crippen LogP) is 1.67. The molecule has 0 saturated heterocycles. The van der Waals surface area contributed by atoms with Crippen LogP contribution in [0.3, 0.4) is 0 Å². The van der Waals surface area contributed by atoms with Gasteiger partial charge in [0.05, 0.1) is 6.04 Å². The van der Waals surface area contributed by atoms with Gasteiger partial charge < -0.3 is 20.5 Å². The van der Waals surface area contributed by atoms with Crippen LogP contribution in [0.15, 0.2) is 24.3 Å². The summed E-state index contributed by atoms with van der Waals surface area (Å²) >= 11 is 0. The molecule has 0 aromatic heterocycles. The molecule has 1 aromatic carbocycles.